The molecule has 0 aliphatic rings. The average molecular weight is 313 g/mol. The maximum Gasteiger partial charge on any atom is 0.0570 e. The summed E-state index contributed by atoms with van der Waals surface area (Å²) in [5.41, 5.74) is 10.5. The molecule has 0 amide bonds. The monoisotopic (exact) mass is 313 g/mol. The summed E-state index contributed by atoms with van der Waals surface area (Å²) in [6, 6.07) is 18.1. The summed E-state index contributed by atoms with van der Waals surface area (Å²) in [5, 5.41) is 2.71. The fraction of sp³-hybridized carbons (Fsp3) is 0.217. The minimum Gasteiger partial charge on any atom is -0.309 e. The normalized spacial score (nSPS) is 11.5. The van der Waals surface area contributed by atoms with Gasteiger partial charge in [-0.2, -0.15) is 0 Å². The maximum absolute atomic E-state index is 2.44. The molecule has 120 valence electrons. The highest BCUT2D eigenvalue weighted by atomic mass is 15.0. The van der Waals surface area contributed by atoms with Gasteiger partial charge in [0.2, 0.25) is 0 Å². The Hall–Kier alpha value is -2.54. The number of hydrogen-bond donors (Lipinski definition) is 0. The third-order valence-corrected chi connectivity index (χ3v) is 4.92. The minimum atomic E-state index is 1.24. The fourth-order valence-corrected chi connectivity index (χ4v) is 3.99. The molecular formula is C23H23N. The summed E-state index contributed by atoms with van der Waals surface area (Å²) in [6.45, 7) is 11.0. The topological polar surface area (TPSA) is 4.93 Å². The van der Waals surface area contributed by atoms with Gasteiger partial charge < -0.3 is 4.57 Å². The Morgan fingerprint density at radius 1 is 0.542 bits per heavy atom. The predicted octanol–water partition coefficient (Wildman–Crippen LogP) is 6.33. The molecule has 24 heavy (non-hydrogen) atoms. The molecule has 1 nitrogen and oxygen atoms in total. The zero-order valence-corrected chi connectivity index (χ0v) is 15.1. The van der Waals surface area contributed by atoms with Crippen LogP contribution in [0.2, 0.25) is 0 Å². The van der Waals surface area contributed by atoms with E-state index in [9.17, 15) is 0 Å². The molecule has 1 heteroatoms. The molecule has 0 fully saturated rings. The smallest absolute Gasteiger partial charge is 0.0570 e. The summed E-state index contributed by atoms with van der Waals surface area (Å²) in [4.78, 5) is 0. The minimum absolute atomic E-state index is 1.24. The van der Waals surface area contributed by atoms with E-state index in [1.54, 1.807) is 0 Å². The van der Waals surface area contributed by atoms with Gasteiger partial charge >= 0.3 is 0 Å². The van der Waals surface area contributed by atoms with Crippen LogP contribution in [0.1, 0.15) is 27.8 Å². The fourth-order valence-electron chi connectivity index (χ4n) is 3.99. The molecule has 0 N–H and O–H groups in total. The number of aryl methyl sites for hydroxylation is 5. The Labute approximate surface area is 143 Å². The molecule has 1 aromatic heterocycles. The zero-order chi connectivity index (χ0) is 17.0. The number of benzene rings is 3. The van der Waals surface area contributed by atoms with Gasteiger partial charge in [-0.05, 0) is 70.0 Å². The average Bonchev–Trinajstić information content (AvgIpc) is 2.83. The molecule has 0 unspecified atom stereocenters. The van der Waals surface area contributed by atoms with Crippen molar-refractivity contribution in [3.8, 4) is 5.69 Å². The largest absolute Gasteiger partial charge is 0.309 e. The first-order valence-corrected chi connectivity index (χ1v) is 8.55. The van der Waals surface area contributed by atoms with Crippen LogP contribution < -0.4 is 0 Å². The Morgan fingerprint density at radius 2 is 1.00 bits per heavy atom. The molecule has 1 heterocycles. The Balaban J connectivity index is 2.27. The highest BCUT2D eigenvalue weighted by Gasteiger charge is 2.16. The van der Waals surface area contributed by atoms with Gasteiger partial charge in [-0.15, -0.1) is 0 Å². The molecule has 0 atom stereocenters. The van der Waals surface area contributed by atoms with Crippen LogP contribution in [0.3, 0.4) is 0 Å². The second kappa shape index (κ2) is 5.24. The zero-order valence-electron chi connectivity index (χ0n) is 15.1. The van der Waals surface area contributed by atoms with Crippen molar-refractivity contribution in [2.45, 2.75) is 34.6 Å². The lowest BCUT2D eigenvalue weighted by Crippen LogP contribution is -1.97. The maximum atomic E-state index is 2.44. The summed E-state index contributed by atoms with van der Waals surface area (Å²) in [5.74, 6) is 0. The first kappa shape index (κ1) is 15.0. The molecule has 0 spiro atoms. The van der Waals surface area contributed by atoms with E-state index in [1.165, 1.54) is 55.3 Å². The van der Waals surface area contributed by atoms with E-state index >= 15 is 0 Å². The van der Waals surface area contributed by atoms with Crippen LogP contribution in [0, 0.1) is 34.6 Å². The first-order valence-electron chi connectivity index (χ1n) is 8.55. The van der Waals surface area contributed by atoms with Crippen molar-refractivity contribution in [1.29, 1.82) is 0 Å². The van der Waals surface area contributed by atoms with Crippen molar-refractivity contribution in [3.63, 3.8) is 0 Å². The highest BCUT2D eigenvalue weighted by Crippen LogP contribution is 2.36. The van der Waals surface area contributed by atoms with Crippen molar-refractivity contribution in [2.75, 3.05) is 0 Å². The van der Waals surface area contributed by atoms with Gasteiger partial charge in [0.05, 0.1) is 11.0 Å². The Bertz CT molecular complexity index is 1010. The van der Waals surface area contributed by atoms with Crippen molar-refractivity contribution in [1.82, 2.24) is 4.57 Å². The van der Waals surface area contributed by atoms with Gasteiger partial charge in [-0.1, -0.05) is 41.0 Å². The number of nitrogens with zero attached hydrogens (tertiary/aromatic N) is 1. The molecule has 0 saturated carbocycles. The van der Waals surface area contributed by atoms with Crippen molar-refractivity contribution in [2.24, 2.45) is 0 Å². The lowest BCUT2D eigenvalue weighted by Gasteiger charge is -2.12. The molecule has 0 bridgehead atoms. The lowest BCUT2D eigenvalue weighted by atomic mass is 10.0. The van der Waals surface area contributed by atoms with E-state index in [1.807, 2.05) is 0 Å². The highest BCUT2D eigenvalue weighted by molar-refractivity contribution is 6.11. The van der Waals surface area contributed by atoms with Crippen LogP contribution in [-0.4, -0.2) is 4.57 Å². The van der Waals surface area contributed by atoms with Crippen molar-refractivity contribution in [3.05, 3.63) is 76.3 Å². The molecule has 0 aliphatic heterocycles. The number of hydrogen-bond acceptors (Lipinski definition) is 0. The van der Waals surface area contributed by atoms with E-state index in [2.05, 4.69) is 87.7 Å². The van der Waals surface area contributed by atoms with Crippen LogP contribution in [0.25, 0.3) is 27.5 Å². The summed E-state index contributed by atoms with van der Waals surface area (Å²) in [6.07, 6.45) is 0. The molecule has 0 aliphatic carbocycles. The van der Waals surface area contributed by atoms with Gasteiger partial charge in [-0.25, -0.2) is 0 Å². The lowest BCUT2D eigenvalue weighted by molar-refractivity contribution is 1.15. The molecule has 4 rings (SSSR count). The SMILES string of the molecule is Cc1ccc(-n2c3c(C)cc(C)cc3c3cc(C)cc(C)c32)cc1. The van der Waals surface area contributed by atoms with Gasteiger partial charge in [0.1, 0.15) is 0 Å². The van der Waals surface area contributed by atoms with Gasteiger partial charge in [0, 0.05) is 16.5 Å². The van der Waals surface area contributed by atoms with E-state index in [4.69, 9.17) is 0 Å². The van der Waals surface area contributed by atoms with Crippen LogP contribution in [0.15, 0.2) is 48.5 Å². The van der Waals surface area contributed by atoms with E-state index < -0.39 is 0 Å². The van der Waals surface area contributed by atoms with Crippen molar-refractivity contribution >= 4 is 21.8 Å². The standard InChI is InChI=1S/C23H23N/c1-14-6-8-19(9-7-14)24-22-17(4)10-15(2)12-20(22)21-13-16(3)11-18(5)23(21)24/h6-13H,1-5H3. The van der Waals surface area contributed by atoms with E-state index in [0.29, 0.717) is 0 Å². The number of fused-ring (bicyclic) bond motifs is 3. The number of rotatable bonds is 1. The molecule has 3 aromatic carbocycles. The van der Waals surface area contributed by atoms with Crippen molar-refractivity contribution < 1.29 is 0 Å². The third kappa shape index (κ3) is 2.16. The summed E-state index contributed by atoms with van der Waals surface area (Å²) < 4.78 is 2.44. The first-order chi connectivity index (χ1) is 11.5. The summed E-state index contributed by atoms with van der Waals surface area (Å²) in [7, 11) is 0. The van der Waals surface area contributed by atoms with Gasteiger partial charge in [0.15, 0.2) is 0 Å². The van der Waals surface area contributed by atoms with Crippen LogP contribution in [0.5, 0.6) is 0 Å². The van der Waals surface area contributed by atoms with Crippen LogP contribution >= 0.6 is 0 Å². The second-order valence-corrected chi connectivity index (χ2v) is 7.13. The van der Waals surface area contributed by atoms with E-state index in [0.717, 1.165) is 0 Å². The van der Waals surface area contributed by atoms with Crippen LogP contribution in [0.4, 0.5) is 0 Å². The second-order valence-electron chi connectivity index (χ2n) is 7.13. The van der Waals surface area contributed by atoms with Gasteiger partial charge in [0.25, 0.3) is 0 Å². The molecule has 0 saturated heterocycles. The number of aromatic nitrogens is 1. The van der Waals surface area contributed by atoms with E-state index in [-0.39, 0.29) is 0 Å². The third-order valence-electron chi connectivity index (χ3n) is 4.92. The van der Waals surface area contributed by atoms with Gasteiger partial charge in [-0.3, -0.25) is 0 Å². The molecule has 0 radical (unpaired) electrons. The summed E-state index contributed by atoms with van der Waals surface area (Å²) >= 11 is 0. The molecule has 4 aromatic rings. The Morgan fingerprint density at radius 3 is 1.46 bits per heavy atom. The quantitative estimate of drug-likeness (QED) is 0.387. The Kier molecular flexibility index (Phi) is 3.28. The molecular weight excluding hydrogens is 290 g/mol. The predicted molar refractivity (Wildman–Crippen MR) is 104 cm³/mol. The van der Waals surface area contributed by atoms with Crippen LogP contribution in [-0.2, 0) is 0 Å².